The smallest absolute Gasteiger partial charge is 0.0160 e. The maximum atomic E-state index is 2.50. The summed E-state index contributed by atoms with van der Waals surface area (Å²) in [5, 5.41) is 4.18. The molecule has 0 N–H and O–H groups in total. The Morgan fingerprint density at radius 2 is 1.07 bits per heavy atom. The molecule has 0 unspecified atom stereocenters. The summed E-state index contributed by atoms with van der Waals surface area (Å²) in [6.07, 6.45) is 6.90. The highest BCUT2D eigenvalue weighted by Crippen LogP contribution is 2.43. The molecule has 0 heterocycles. The van der Waals surface area contributed by atoms with Crippen molar-refractivity contribution in [2.24, 2.45) is 0 Å². The van der Waals surface area contributed by atoms with Crippen LogP contribution in [0.2, 0.25) is 0 Å². The second-order valence-electron chi connectivity index (χ2n) is 7.71. The SMILES string of the molecule is CC(C)=CCC/C(C)=C/C=P(c1ccccc1)(c1ccccc1)c1ccccc1. The van der Waals surface area contributed by atoms with Crippen molar-refractivity contribution in [2.45, 2.75) is 33.6 Å². The summed E-state index contributed by atoms with van der Waals surface area (Å²) in [6, 6.07) is 33.0. The van der Waals surface area contributed by atoms with Crippen molar-refractivity contribution in [3.8, 4) is 0 Å². The summed E-state index contributed by atoms with van der Waals surface area (Å²) in [7, 11) is 0. The first-order valence-electron chi connectivity index (χ1n) is 10.3. The minimum Gasteiger partial charge on any atom is -0.0856 e. The molecule has 0 aliphatic carbocycles. The van der Waals surface area contributed by atoms with Crippen LogP contribution in [0.5, 0.6) is 0 Å². The maximum Gasteiger partial charge on any atom is -0.0160 e. The monoisotopic (exact) mass is 398 g/mol. The molecule has 0 radical (unpaired) electrons. The van der Waals surface area contributed by atoms with Gasteiger partial charge in [0.1, 0.15) is 0 Å². The molecule has 148 valence electrons. The average molecular weight is 399 g/mol. The Hall–Kier alpha value is -2.56. The van der Waals surface area contributed by atoms with Crippen LogP contribution in [0.4, 0.5) is 0 Å². The number of rotatable bonds is 7. The van der Waals surface area contributed by atoms with Gasteiger partial charge in [-0.2, -0.15) is 0 Å². The minimum absolute atomic E-state index is 1.10. The van der Waals surface area contributed by atoms with Crippen molar-refractivity contribution in [2.75, 3.05) is 0 Å². The zero-order valence-electron chi connectivity index (χ0n) is 17.8. The Kier molecular flexibility index (Phi) is 7.50. The molecule has 0 saturated heterocycles. The molecule has 0 atom stereocenters. The molecule has 29 heavy (non-hydrogen) atoms. The Bertz CT molecular complexity index is 902. The van der Waals surface area contributed by atoms with E-state index >= 15 is 0 Å². The highest BCUT2D eigenvalue weighted by molar-refractivity contribution is 7.94. The predicted octanol–water partition coefficient (Wildman–Crippen LogP) is 6.48. The standard InChI is InChI=1S/C28H31P/c1-24(2)14-13-15-25(3)22-23-29(26-16-7-4-8-17-26,27-18-9-5-10-19-27)28-20-11-6-12-21-28/h4-12,14,16-23H,13,15H2,1-3H3/b25-22+. The fraction of sp³-hybridized carbons (Fsp3) is 0.179. The lowest BCUT2D eigenvalue weighted by Crippen LogP contribution is -2.26. The molecule has 0 nitrogen and oxygen atoms in total. The van der Waals surface area contributed by atoms with Crippen molar-refractivity contribution >= 4 is 28.6 Å². The summed E-state index contributed by atoms with van der Waals surface area (Å²) in [5.41, 5.74) is 2.82. The molecule has 0 aliphatic rings. The topological polar surface area (TPSA) is 0 Å². The molecule has 3 rings (SSSR count). The first kappa shape index (κ1) is 21.2. The largest absolute Gasteiger partial charge is 0.0856 e. The zero-order chi connectivity index (χ0) is 20.5. The van der Waals surface area contributed by atoms with E-state index in [1.807, 2.05) is 0 Å². The third-order valence-electron chi connectivity index (χ3n) is 5.16. The Balaban J connectivity index is 2.21. The second kappa shape index (κ2) is 10.3. The molecule has 1 heteroatoms. The van der Waals surface area contributed by atoms with Crippen LogP contribution in [0.15, 0.2) is 114 Å². The minimum atomic E-state index is -1.88. The summed E-state index contributed by atoms with van der Waals surface area (Å²) in [4.78, 5) is 0. The molecule has 0 bridgehead atoms. The van der Waals surface area contributed by atoms with E-state index in [2.05, 4.69) is 130 Å². The summed E-state index contributed by atoms with van der Waals surface area (Å²) in [5.74, 6) is 2.50. The second-order valence-corrected chi connectivity index (χ2v) is 11.0. The molecule has 3 aromatic rings. The van der Waals surface area contributed by atoms with Gasteiger partial charge in [0.15, 0.2) is 0 Å². The highest BCUT2D eigenvalue weighted by Gasteiger charge is 2.23. The lowest BCUT2D eigenvalue weighted by molar-refractivity contribution is 0.970. The van der Waals surface area contributed by atoms with Crippen LogP contribution >= 0.6 is 6.89 Å². The average Bonchev–Trinajstić information content (AvgIpc) is 2.76. The van der Waals surface area contributed by atoms with Crippen LogP contribution in [-0.2, 0) is 0 Å². The molecular weight excluding hydrogens is 367 g/mol. The van der Waals surface area contributed by atoms with E-state index in [0.29, 0.717) is 0 Å². The van der Waals surface area contributed by atoms with E-state index in [0.717, 1.165) is 12.8 Å². The van der Waals surface area contributed by atoms with Gasteiger partial charge in [-0.05, 0) is 56.4 Å². The summed E-state index contributed by atoms with van der Waals surface area (Å²) in [6.45, 7) is 4.72. The van der Waals surface area contributed by atoms with Crippen LogP contribution < -0.4 is 15.9 Å². The van der Waals surface area contributed by atoms with Gasteiger partial charge in [-0.15, -0.1) is 0 Å². The van der Waals surface area contributed by atoms with Crippen LogP contribution in [0.1, 0.15) is 33.6 Å². The molecule has 0 aliphatic heterocycles. The van der Waals surface area contributed by atoms with Gasteiger partial charge in [0.25, 0.3) is 0 Å². The maximum absolute atomic E-state index is 2.50. The third kappa shape index (κ3) is 5.28. The Morgan fingerprint density at radius 3 is 1.45 bits per heavy atom. The van der Waals surface area contributed by atoms with Crippen molar-refractivity contribution in [1.82, 2.24) is 0 Å². The van der Waals surface area contributed by atoms with E-state index in [-0.39, 0.29) is 0 Å². The summed E-state index contributed by atoms with van der Waals surface area (Å²) < 4.78 is 0. The van der Waals surface area contributed by atoms with E-state index in [1.165, 1.54) is 27.1 Å². The molecular formula is C28H31P. The van der Waals surface area contributed by atoms with Crippen molar-refractivity contribution in [3.05, 3.63) is 114 Å². The van der Waals surface area contributed by atoms with E-state index in [4.69, 9.17) is 0 Å². The first-order valence-corrected chi connectivity index (χ1v) is 12.2. The quantitative estimate of drug-likeness (QED) is 0.316. The zero-order valence-corrected chi connectivity index (χ0v) is 18.6. The van der Waals surface area contributed by atoms with Crippen molar-refractivity contribution < 1.29 is 0 Å². The van der Waals surface area contributed by atoms with Crippen LogP contribution in [0.25, 0.3) is 0 Å². The fourth-order valence-corrected chi connectivity index (χ4v) is 7.42. The van der Waals surface area contributed by atoms with Gasteiger partial charge in [0.05, 0.1) is 0 Å². The van der Waals surface area contributed by atoms with Gasteiger partial charge < -0.3 is 0 Å². The number of allylic oxidation sites excluding steroid dienone is 4. The van der Waals surface area contributed by atoms with Crippen LogP contribution in [-0.4, -0.2) is 5.80 Å². The van der Waals surface area contributed by atoms with Gasteiger partial charge >= 0.3 is 0 Å². The summed E-state index contributed by atoms with van der Waals surface area (Å²) >= 11 is 0. The Labute approximate surface area is 176 Å². The normalized spacial score (nSPS) is 11.8. The Morgan fingerprint density at radius 1 is 0.655 bits per heavy atom. The van der Waals surface area contributed by atoms with Crippen LogP contribution in [0.3, 0.4) is 0 Å². The van der Waals surface area contributed by atoms with Crippen molar-refractivity contribution in [3.63, 3.8) is 0 Å². The number of hydrogen-bond acceptors (Lipinski definition) is 0. The van der Waals surface area contributed by atoms with E-state index in [1.54, 1.807) is 0 Å². The van der Waals surface area contributed by atoms with Gasteiger partial charge in [-0.1, -0.05) is 120 Å². The van der Waals surface area contributed by atoms with Gasteiger partial charge in [-0.3, -0.25) is 0 Å². The van der Waals surface area contributed by atoms with Crippen molar-refractivity contribution in [1.29, 1.82) is 0 Å². The van der Waals surface area contributed by atoms with Gasteiger partial charge in [-0.25, -0.2) is 0 Å². The van der Waals surface area contributed by atoms with Gasteiger partial charge in [0.2, 0.25) is 0 Å². The molecule has 0 amide bonds. The predicted molar refractivity (Wildman–Crippen MR) is 134 cm³/mol. The molecule has 0 fully saturated rings. The third-order valence-corrected chi connectivity index (χ3v) is 9.10. The molecule has 0 aromatic heterocycles. The first-order chi connectivity index (χ1) is 14.1. The number of hydrogen-bond donors (Lipinski definition) is 0. The molecule has 0 spiro atoms. The van der Waals surface area contributed by atoms with Gasteiger partial charge in [0, 0.05) is 0 Å². The highest BCUT2D eigenvalue weighted by atomic mass is 31.2. The molecule has 0 saturated carbocycles. The fourth-order valence-electron chi connectivity index (χ4n) is 3.61. The van der Waals surface area contributed by atoms with E-state index < -0.39 is 6.89 Å². The van der Waals surface area contributed by atoms with Crippen LogP contribution in [0, 0.1) is 0 Å². The lowest BCUT2D eigenvalue weighted by Gasteiger charge is -2.28. The number of benzene rings is 3. The lowest BCUT2D eigenvalue weighted by atomic mass is 10.1. The molecule has 3 aromatic carbocycles. The van der Waals surface area contributed by atoms with E-state index in [9.17, 15) is 0 Å².